The molecule has 1 amide bonds. The van der Waals surface area contributed by atoms with E-state index >= 15 is 0 Å². The number of nitrogens with one attached hydrogen (secondary N) is 1. The van der Waals surface area contributed by atoms with Crippen LogP contribution in [0.15, 0.2) is 42.5 Å². The maximum absolute atomic E-state index is 12.3. The van der Waals surface area contributed by atoms with Gasteiger partial charge < -0.3 is 24.3 Å². The summed E-state index contributed by atoms with van der Waals surface area (Å²) in [5.74, 6) is -0.649. The van der Waals surface area contributed by atoms with Crippen LogP contribution in [-0.4, -0.2) is 46.3 Å². The molecule has 0 radical (unpaired) electrons. The minimum Gasteiger partial charge on any atom is -0.493 e. The minimum absolute atomic E-state index is 0.106. The molecule has 0 aliphatic heterocycles. The van der Waals surface area contributed by atoms with Crippen LogP contribution in [0.25, 0.3) is 6.08 Å². The van der Waals surface area contributed by atoms with Crippen LogP contribution in [0.5, 0.6) is 11.5 Å². The first-order valence-corrected chi connectivity index (χ1v) is 8.44. The van der Waals surface area contributed by atoms with Crippen LogP contribution in [0.3, 0.4) is 0 Å². The Bertz CT molecular complexity index is 916. The quantitative estimate of drug-likeness (QED) is 0.564. The Balaban J connectivity index is 2.22. The lowest BCUT2D eigenvalue weighted by atomic mass is 10.1. The summed E-state index contributed by atoms with van der Waals surface area (Å²) in [6.07, 6.45) is 2.90. The molecule has 8 heteroatoms. The Kier molecular flexibility index (Phi) is 7.36. The van der Waals surface area contributed by atoms with Gasteiger partial charge in [-0.25, -0.2) is 9.59 Å². The molecule has 0 aromatic heterocycles. The molecule has 8 nitrogen and oxygen atoms in total. The lowest BCUT2D eigenvalue weighted by Crippen LogP contribution is -2.12. The molecule has 0 bridgehead atoms. The van der Waals surface area contributed by atoms with E-state index in [0.717, 1.165) is 5.56 Å². The van der Waals surface area contributed by atoms with Gasteiger partial charge in [0.05, 0.1) is 39.6 Å². The number of methoxy groups -OCH3 is 4. The molecule has 2 aromatic carbocycles. The van der Waals surface area contributed by atoms with Crippen molar-refractivity contribution in [2.75, 3.05) is 33.8 Å². The third-order valence-corrected chi connectivity index (χ3v) is 3.88. The van der Waals surface area contributed by atoms with Crippen LogP contribution in [0.2, 0.25) is 0 Å². The van der Waals surface area contributed by atoms with Gasteiger partial charge in [-0.3, -0.25) is 4.79 Å². The highest BCUT2D eigenvalue weighted by Crippen LogP contribution is 2.28. The van der Waals surface area contributed by atoms with Crippen molar-refractivity contribution >= 4 is 29.6 Å². The number of hydrogen-bond acceptors (Lipinski definition) is 7. The second-order valence-electron chi connectivity index (χ2n) is 5.72. The van der Waals surface area contributed by atoms with Gasteiger partial charge in [-0.05, 0) is 42.0 Å². The first-order valence-electron chi connectivity index (χ1n) is 8.44. The predicted octanol–water partition coefficient (Wildman–Crippen LogP) is 2.93. The summed E-state index contributed by atoms with van der Waals surface area (Å²) in [6, 6.07) is 9.33. The van der Waals surface area contributed by atoms with E-state index in [1.807, 2.05) is 0 Å². The molecule has 1 N–H and O–H groups in total. The number of rotatable bonds is 7. The van der Waals surface area contributed by atoms with Gasteiger partial charge >= 0.3 is 11.9 Å². The number of esters is 2. The lowest BCUT2D eigenvalue weighted by molar-refractivity contribution is -0.111. The maximum atomic E-state index is 12.3. The van der Waals surface area contributed by atoms with Crippen molar-refractivity contribution in [2.45, 2.75) is 0 Å². The van der Waals surface area contributed by atoms with Crippen molar-refractivity contribution in [3.63, 3.8) is 0 Å². The second kappa shape index (κ2) is 9.93. The van der Waals surface area contributed by atoms with Crippen LogP contribution in [0.4, 0.5) is 5.69 Å². The molecule has 2 rings (SSSR count). The summed E-state index contributed by atoms with van der Waals surface area (Å²) in [4.78, 5) is 35.9. The van der Waals surface area contributed by atoms with Gasteiger partial charge in [-0.15, -0.1) is 0 Å². The number of hydrogen-bond donors (Lipinski definition) is 1. The monoisotopic (exact) mass is 399 g/mol. The fourth-order valence-corrected chi connectivity index (χ4v) is 2.48. The summed E-state index contributed by atoms with van der Waals surface area (Å²) in [7, 11) is 5.49. The Hall–Kier alpha value is -3.81. The van der Waals surface area contributed by atoms with E-state index in [9.17, 15) is 14.4 Å². The molecule has 0 aliphatic carbocycles. The molecule has 152 valence electrons. The maximum Gasteiger partial charge on any atom is 0.337 e. The Morgan fingerprint density at radius 1 is 0.793 bits per heavy atom. The molecule has 2 aromatic rings. The lowest BCUT2D eigenvalue weighted by Gasteiger charge is -2.09. The van der Waals surface area contributed by atoms with E-state index in [0.29, 0.717) is 11.5 Å². The van der Waals surface area contributed by atoms with Gasteiger partial charge in [0.25, 0.3) is 0 Å². The van der Waals surface area contributed by atoms with Crippen LogP contribution in [0, 0.1) is 0 Å². The highest BCUT2D eigenvalue weighted by Gasteiger charge is 2.14. The highest BCUT2D eigenvalue weighted by molar-refractivity contribution is 6.04. The van der Waals surface area contributed by atoms with Crippen LogP contribution in [-0.2, 0) is 14.3 Å². The van der Waals surface area contributed by atoms with Crippen molar-refractivity contribution < 1.29 is 33.3 Å². The molecule has 0 saturated carbocycles. The molecule has 0 unspecified atom stereocenters. The van der Waals surface area contributed by atoms with Crippen molar-refractivity contribution in [2.24, 2.45) is 0 Å². The van der Waals surface area contributed by atoms with Gasteiger partial charge in [0.2, 0.25) is 5.91 Å². The summed E-state index contributed by atoms with van der Waals surface area (Å²) in [5.41, 5.74) is 1.18. The largest absolute Gasteiger partial charge is 0.493 e. The smallest absolute Gasteiger partial charge is 0.337 e. The topological polar surface area (TPSA) is 100 Å². The van der Waals surface area contributed by atoms with Gasteiger partial charge in [0.15, 0.2) is 11.5 Å². The van der Waals surface area contributed by atoms with Gasteiger partial charge in [0.1, 0.15) is 0 Å². The third-order valence-electron chi connectivity index (χ3n) is 3.88. The number of benzene rings is 2. The molecule has 0 aliphatic rings. The van der Waals surface area contributed by atoms with Gasteiger partial charge in [-0.1, -0.05) is 6.07 Å². The van der Waals surface area contributed by atoms with Crippen molar-refractivity contribution in [1.82, 2.24) is 0 Å². The van der Waals surface area contributed by atoms with Gasteiger partial charge in [-0.2, -0.15) is 0 Å². The zero-order valence-corrected chi connectivity index (χ0v) is 16.5. The van der Waals surface area contributed by atoms with Gasteiger partial charge in [0, 0.05) is 11.8 Å². The average molecular weight is 399 g/mol. The molecule has 0 fully saturated rings. The van der Waals surface area contributed by atoms with E-state index < -0.39 is 17.8 Å². The van der Waals surface area contributed by atoms with E-state index in [-0.39, 0.29) is 16.8 Å². The van der Waals surface area contributed by atoms with Crippen molar-refractivity contribution in [3.05, 3.63) is 59.2 Å². The standard InChI is InChI=1S/C21H21NO7/c1-26-17-7-5-13(9-18(17)27-2)6-8-19(23)22-16-11-14(20(24)28-3)10-15(12-16)21(25)29-4/h5-12H,1-4H3,(H,22,23)/b8-6+. The predicted molar refractivity (Wildman–Crippen MR) is 106 cm³/mol. The van der Waals surface area contributed by atoms with Crippen LogP contribution < -0.4 is 14.8 Å². The summed E-state index contributed by atoms with van der Waals surface area (Å²) in [5, 5.41) is 2.60. The molecule has 0 atom stereocenters. The first kappa shape index (κ1) is 21.5. The Labute approximate surface area is 168 Å². The van der Waals surface area contributed by atoms with Crippen molar-refractivity contribution in [3.8, 4) is 11.5 Å². The molecular weight excluding hydrogens is 378 g/mol. The highest BCUT2D eigenvalue weighted by atomic mass is 16.5. The number of amides is 1. The van der Waals surface area contributed by atoms with Crippen molar-refractivity contribution in [1.29, 1.82) is 0 Å². The summed E-state index contributed by atoms with van der Waals surface area (Å²) < 4.78 is 19.7. The molecule has 0 spiro atoms. The summed E-state index contributed by atoms with van der Waals surface area (Å²) in [6.45, 7) is 0. The average Bonchev–Trinajstić information content (AvgIpc) is 2.75. The number of ether oxygens (including phenoxy) is 4. The molecule has 0 heterocycles. The molecule has 0 saturated heterocycles. The minimum atomic E-state index is -0.646. The molecule has 29 heavy (non-hydrogen) atoms. The van der Waals surface area contributed by atoms with E-state index in [4.69, 9.17) is 9.47 Å². The SMILES string of the molecule is COC(=O)c1cc(NC(=O)/C=C/c2ccc(OC)c(OC)c2)cc(C(=O)OC)c1. The Morgan fingerprint density at radius 2 is 1.38 bits per heavy atom. The van der Waals surface area contributed by atoms with Crippen LogP contribution in [0.1, 0.15) is 26.3 Å². The summed E-state index contributed by atoms with van der Waals surface area (Å²) >= 11 is 0. The fourth-order valence-electron chi connectivity index (χ4n) is 2.48. The van der Waals surface area contributed by atoms with E-state index in [1.54, 1.807) is 24.3 Å². The fraction of sp³-hybridized carbons (Fsp3) is 0.190. The number of anilines is 1. The zero-order chi connectivity index (χ0) is 21.4. The van der Waals surface area contributed by atoms with E-state index in [2.05, 4.69) is 14.8 Å². The van der Waals surface area contributed by atoms with Crippen LogP contribution >= 0.6 is 0 Å². The second-order valence-corrected chi connectivity index (χ2v) is 5.72. The number of carbonyl (C=O) groups excluding carboxylic acids is 3. The normalized spacial score (nSPS) is 10.3. The molecular formula is C21H21NO7. The first-order chi connectivity index (χ1) is 13.9. The third kappa shape index (κ3) is 5.58. The number of carbonyl (C=O) groups is 3. The van der Waals surface area contributed by atoms with E-state index in [1.165, 1.54) is 52.7 Å². The Morgan fingerprint density at radius 3 is 1.90 bits per heavy atom. The zero-order valence-electron chi connectivity index (χ0n) is 16.5.